The van der Waals surface area contributed by atoms with E-state index in [1.165, 1.54) is 58.6 Å². The molecule has 0 spiro atoms. The zero-order valence-corrected chi connectivity index (χ0v) is 14.0. The van der Waals surface area contributed by atoms with Crippen LogP contribution in [0.3, 0.4) is 0 Å². The second-order valence-corrected chi connectivity index (χ2v) is 7.26. The Morgan fingerprint density at radius 2 is 1.68 bits per heavy atom. The summed E-state index contributed by atoms with van der Waals surface area (Å²) >= 11 is 0. The molecular formula is C20H24N2. The van der Waals surface area contributed by atoms with Crippen molar-refractivity contribution in [3.63, 3.8) is 0 Å². The maximum absolute atomic E-state index is 4.89. The Kier molecular flexibility index (Phi) is 3.11. The second kappa shape index (κ2) is 4.91. The molecule has 0 aliphatic heterocycles. The highest BCUT2D eigenvalue weighted by Crippen LogP contribution is 2.56. The fourth-order valence-corrected chi connectivity index (χ4v) is 3.66. The minimum atomic E-state index is 0.592. The summed E-state index contributed by atoms with van der Waals surface area (Å²) in [6, 6.07) is 4.72. The van der Waals surface area contributed by atoms with Gasteiger partial charge in [-0.1, -0.05) is 12.1 Å². The molecule has 4 rings (SSSR count). The van der Waals surface area contributed by atoms with Crippen molar-refractivity contribution < 1.29 is 0 Å². The van der Waals surface area contributed by atoms with Gasteiger partial charge in [0.1, 0.15) is 0 Å². The van der Waals surface area contributed by atoms with Crippen LogP contribution in [0.4, 0.5) is 0 Å². The van der Waals surface area contributed by atoms with Gasteiger partial charge in [-0.2, -0.15) is 0 Å². The normalized spacial score (nSPS) is 23.6. The van der Waals surface area contributed by atoms with Crippen LogP contribution in [-0.4, -0.2) is 9.97 Å². The minimum absolute atomic E-state index is 0.592. The Bertz CT molecular complexity index is 744. The van der Waals surface area contributed by atoms with Crippen LogP contribution in [0.1, 0.15) is 76.4 Å². The maximum Gasteiger partial charge on any atom is 0.0473 e. The van der Waals surface area contributed by atoms with Crippen LogP contribution < -0.4 is 0 Å². The van der Waals surface area contributed by atoms with Gasteiger partial charge in [-0.25, -0.2) is 0 Å². The summed E-state index contributed by atoms with van der Waals surface area (Å²) in [4.78, 5) is 9.55. The lowest BCUT2D eigenvalue weighted by Crippen LogP contribution is -1.99. The number of pyridine rings is 2. The number of hydrogen-bond acceptors (Lipinski definition) is 2. The summed E-state index contributed by atoms with van der Waals surface area (Å²) in [6.07, 6.45) is 6.01. The summed E-state index contributed by atoms with van der Waals surface area (Å²) in [5.74, 6) is 2.00. The Balaban J connectivity index is 1.64. The van der Waals surface area contributed by atoms with E-state index in [-0.39, 0.29) is 0 Å². The van der Waals surface area contributed by atoms with Crippen molar-refractivity contribution in [2.75, 3.05) is 0 Å². The molecule has 114 valence electrons. The zero-order valence-electron chi connectivity index (χ0n) is 14.0. The number of nitrogens with zero attached hydrogens (tertiary/aromatic N) is 2. The average molecular weight is 292 g/mol. The van der Waals surface area contributed by atoms with Gasteiger partial charge in [-0.05, 0) is 81.0 Å². The Hall–Kier alpha value is -1.70. The Morgan fingerprint density at radius 3 is 2.41 bits per heavy atom. The van der Waals surface area contributed by atoms with E-state index in [9.17, 15) is 0 Å². The van der Waals surface area contributed by atoms with E-state index in [1.54, 1.807) is 0 Å². The molecule has 2 fully saturated rings. The molecule has 2 aliphatic carbocycles. The fourth-order valence-electron chi connectivity index (χ4n) is 3.66. The number of aromatic nitrogens is 2. The molecule has 2 nitrogen and oxygen atoms in total. The molecule has 2 aliphatic rings. The smallest absolute Gasteiger partial charge is 0.0473 e. The summed E-state index contributed by atoms with van der Waals surface area (Å²) < 4.78 is 0. The highest BCUT2D eigenvalue weighted by atomic mass is 14.8. The van der Waals surface area contributed by atoms with Crippen molar-refractivity contribution in [2.24, 2.45) is 0 Å². The first kappa shape index (κ1) is 13.9. The van der Waals surface area contributed by atoms with E-state index in [1.807, 2.05) is 0 Å². The molecule has 22 heavy (non-hydrogen) atoms. The molecule has 0 amide bonds. The molecule has 2 saturated carbocycles. The van der Waals surface area contributed by atoms with Crippen LogP contribution in [0, 0.1) is 27.7 Å². The predicted molar refractivity (Wildman–Crippen MR) is 89.5 cm³/mol. The third-order valence-electron chi connectivity index (χ3n) is 5.43. The zero-order chi connectivity index (χ0) is 15.4. The quantitative estimate of drug-likeness (QED) is 0.807. The molecule has 0 bridgehead atoms. The third-order valence-corrected chi connectivity index (χ3v) is 5.43. The number of hydrogen-bond donors (Lipinski definition) is 0. The lowest BCUT2D eigenvalue weighted by molar-refractivity contribution is 0.905. The van der Waals surface area contributed by atoms with Gasteiger partial charge in [0, 0.05) is 29.2 Å². The molecule has 2 heteroatoms. The molecule has 0 N–H and O–H groups in total. The van der Waals surface area contributed by atoms with Gasteiger partial charge in [-0.15, -0.1) is 0 Å². The van der Waals surface area contributed by atoms with Gasteiger partial charge < -0.3 is 0 Å². The predicted octanol–water partition coefficient (Wildman–Crippen LogP) is 4.86. The van der Waals surface area contributed by atoms with E-state index in [0.29, 0.717) is 11.8 Å². The topological polar surface area (TPSA) is 25.8 Å². The fraction of sp³-hybridized carbons (Fsp3) is 0.500. The summed E-state index contributed by atoms with van der Waals surface area (Å²) in [6.45, 7) is 8.63. The third kappa shape index (κ3) is 2.35. The summed E-state index contributed by atoms with van der Waals surface area (Å²) in [5, 5.41) is 0. The van der Waals surface area contributed by atoms with Crippen LogP contribution in [0.25, 0.3) is 0 Å². The highest BCUT2D eigenvalue weighted by Gasteiger charge is 2.43. The first-order valence-electron chi connectivity index (χ1n) is 8.45. The van der Waals surface area contributed by atoms with E-state index in [0.717, 1.165) is 5.92 Å². The molecule has 0 saturated heterocycles. The van der Waals surface area contributed by atoms with Gasteiger partial charge in [0.2, 0.25) is 0 Å². The van der Waals surface area contributed by atoms with Gasteiger partial charge in [-0.3, -0.25) is 9.97 Å². The molecule has 2 aromatic rings. The number of rotatable bonds is 3. The van der Waals surface area contributed by atoms with Crippen LogP contribution in [-0.2, 0) is 0 Å². The van der Waals surface area contributed by atoms with Gasteiger partial charge in [0.25, 0.3) is 0 Å². The van der Waals surface area contributed by atoms with Crippen molar-refractivity contribution >= 4 is 0 Å². The van der Waals surface area contributed by atoms with E-state index in [2.05, 4.69) is 51.0 Å². The monoisotopic (exact) mass is 292 g/mol. The second-order valence-electron chi connectivity index (χ2n) is 7.26. The van der Waals surface area contributed by atoms with E-state index in [4.69, 9.17) is 4.98 Å². The lowest BCUT2D eigenvalue weighted by Gasteiger charge is -2.10. The molecule has 2 atom stereocenters. The van der Waals surface area contributed by atoms with Crippen molar-refractivity contribution in [1.82, 2.24) is 9.97 Å². The maximum atomic E-state index is 4.89. The van der Waals surface area contributed by atoms with Crippen molar-refractivity contribution in [3.8, 4) is 0 Å². The largest absolute Gasteiger partial charge is 0.261 e. The Morgan fingerprint density at radius 1 is 0.909 bits per heavy atom. The van der Waals surface area contributed by atoms with Crippen molar-refractivity contribution in [1.29, 1.82) is 0 Å². The molecule has 0 aromatic carbocycles. The first-order chi connectivity index (χ1) is 10.5. The molecule has 0 radical (unpaired) electrons. The molecule has 2 unspecified atom stereocenters. The summed E-state index contributed by atoms with van der Waals surface area (Å²) in [5.41, 5.74) is 9.26. The molecule has 2 heterocycles. The average Bonchev–Trinajstić information content (AvgIpc) is 3.36. The van der Waals surface area contributed by atoms with Crippen LogP contribution in [0.15, 0.2) is 18.3 Å². The van der Waals surface area contributed by atoms with Gasteiger partial charge in [0.15, 0.2) is 0 Å². The highest BCUT2D eigenvalue weighted by molar-refractivity contribution is 5.42. The first-order valence-corrected chi connectivity index (χ1v) is 8.45. The van der Waals surface area contributed by atoms with Crippen LogP contribution in [0.2, 0.25) is 0 Å². The van der Waals surface area contributed by atoms with Crippen LogP contribution in [0.5, 0.6) is 0 Å². The van der Waals surface area contributed by atoms with Crippen molar-refractivity contribution in [3.05, 3.63) is 57.7 Å². The Labute approximate surface area is 133 Å². The van der Waals surface area contributed by atoms with Crippen LogP contribution >= 0.6 is 0 Å². The van der Waals surface area contributed by atoms with E-state index < -0.39 is 0 Å². The number of aryl methyl sites for hydroxylation is 4. The minimum Gasteiger partial charge on any atom is -0.261 e. The standard InChI is InChI=1S/C20H24N2/c1-11-7-12(2)20(22-13(11)3)19-9-18(19)17-8-16(15-5-6-15)10-21-14(17)4/h7-8,10,15,18-19H,5-6,9H2,1-4H3. The summed E-state index contributed by atoms with van der Waals surface area (Å²) in [7, 11) is 0. The SMILES string of the molecule is Cc1cc(C)c(C2CC2c2cc(C3CC3)cnc2C)nc1C. The molecular weight excluding hydrogens is 268 g/mol. The van der Waals surface area contributed by atoms with E-state index >= 15 is 0 Å². The van der Waals surface area contributed by atoms with Gasteiger partial charge >= 0.3 is 0 Å². The molecule has 2 aromatic heterocycles. The lowest BCUT2D eigenvalue weighted by atomic mass is 10.0. The van der Waals surface area contributed by atoms with Crippen molar-refractivity contribution in [2.45, 2.75) is 64.7 Å². The van der Waals surface area contributed by atoms with Gasteiger partial charge in [0.05, 0.1) is 0 Å².